The van der Waals surface area contributed by atoms with Crippen LogP contribution < -0.4 is 0 Å². The van der Waals surface area contributed by atoms with Gasteiger partial charge < -0.3 is 4.42 Å². The molecule has 4 aromatic heterocycles. The third-order valence-electron chi connectivity index (χ3n) is 3.28. The Balaban J connectivity index is 2.06. The van der Waals surface area contributed by atoms with Crippen LogP contribution in [0.3, 0.4) is 0 Å². The summed E-state index contributed by atoms with van der Waals surface area (Å²) in [6, 6.07) is 11.5. The minimum absolute atomic E-state index is 0.701. The van der Waals surface area contributed by atoms with E-state index in [0.29, 0.717) is 5.88 Å². The van der Waals surface area contributed by atoms with Gasteiger partial charge in [0.2, 0.25) is 5.88 Å². The van der Waals surface area contributed by atoms with E-state index in [1.807, 2.05) is 47.9 Å². The van der Waals surface area contributed by atoms with E-state index in [-0.39, 0.29) is 0 Å². The van der Waals surface area contributed by atoms with Crippen LogP contribution in [0.25, 0.3) is 28.4 Å². The van der Waals surface area contributed by atoms with Crippen LogP contribution in [0.1, 0.15) is 5.76 Å². The number of rotatable bonds is 2. The molecule has 21 heavy (non-hydrogen) atoms. The molecule has 5 heteroatoms. The molecule has 5 nitrogen and oxygen atoms in total. The molecule has 0 unspecified atom stereocenters. The molecule has 0 atom stereocenters. The zero-order valence-electron chi connectivity index (χ0n) is 11.4. The van der Waals surface area contributed by atoms with E-state index in [0.717, 1.165) is 28.3 Å². The number of furan rings is 1. The second kappa shape index (κ2) is 4.56. The van der Waals surface area contributed by atoms with Crippen LogP contribution in [0.5, 0.6) is 0 Å². The predicted octanol–water partition coefficient (Wildman–Crippen LogP) is 3.38. The summed E-state index contributed by atoms with van der Waals surface area (Å²) in [5.41, 5.74) is 2.51. The van der Waals surface area contributed by atoms with Crippen molar-refractivity contribution in [3.05, 3.63) is 60.7 Å². The number of imidazole rings is 1. The molecule has 0 saturated heterocycles. The van der Waals surface area contributed by atoms with Crippen LogP contribution in [0, 0.1) is 6.92 Å². The second-order valence-electron chi connectivity index (χ2n) is 4.74. The molecule has 0 fully saturated rings. The molecule has 102 valence electrons. The number of fused-ring (bicyclic) bond motifs is 1. The maximum Gasteiger partial charge on any atom is 0.207 e. The third kappa shape index (κ3) is 1.90. The van der Waals surface area contributed by atoms with Gasteiger partial charge in [-0.3, -0.25) is 4.98 Å². The molecule has 4 rings (SSSR count). The van der Waals surface area contributed by atoms with Gasteiger partial charge in [0.1, 0.15) is 11.3 Å². The van der Waals surface area contributed by atoms with Gasteiger partial charge in [0.15, 0.2) is 11.5 Å². The highest BCUT2D eigenvalue weighted by Crippen LogP contribution is 2.27. The molecule has 0 radical (unpaired) electrons. The van der Waals surface area contributed by atoms with Crippen LogP contribution in [0.2, 0.25) is 0 Å². The smallest absolute Gasteiger partial charge is 0.207 e. The van der Waals surface area contributed by atoms with Crippen molar-refractivity contribution in [3.8, 4) is 17.3 Å². The Labute approximate surface area is 120 Å². The van der Waals surface area contributed by atoms with Gasteiger partial charge in [-0.25, -0.2) is 14.5 Å². The molecule has 4 heterocycles. The van der Waals surface area contributed by atoms with E-state index in [1.165, 1.54) is 0 Å². The Morgan fingerprint density at radius 2 is 1.95 bits per heavy atom. The summed E-state index contributed by atoms with van der Waals surface area (Å²) >= 11 is 0. The Bertz CT molecular complexity index is 908. The lowest BCUT2D eigenvalue weighted by Gasteiger charge is -2.04. The van der Waals surface area contributed by atoms with Crippen molar-refractivity contribution in [2.24, 2.45) is 0 Å². The summed E-state index contributed by atoms with van der Waals surface area (Å²) < 4.78 is 7.68. The number of aromatic nitrogens is 4. The Hall–Kier alpha value is -2.95. The van der Waals surface area contributed by atoms with Crippen LogP contribution >= 0.6 is 0 Å². The molecule has 4 aromatic rings. The van der Waals surface area contributed by atoms with E-state index >= 15 is 0 Å². The lowest BCUT2D eigenvalue weighted by Crippen LogP contribution is -1.97. The maximum atomic E-state index is 5.76. The van der Waals surface area contributed by atoms with Crippen molar-refractivity contribution in [2.45, 2.75) is 6.92 Å². The molecule has 0 aliphatic heterocycles. The summed E-state index contributed by atoms with van der Waals surface area (Å²) in [6.07, 6.45) is 5.28. The number of nitrogens with zero attached hydrogens (tertiary/aromatic N) is 4. The van der Waals surface area contributed by atoms with Gasteiger partial charge in [0.25, 0.3) is 0 Å². The van der Waals surface area contributed by atoms with Crippen LogP contribution in [0.4, 0.5) is 0 Å². The fourth-order valence-corrected chi connectivity index (χ4v) is 2.35. The highest BCUT2D eigenvalue weighted by molar-refractivity contribution is 5.79. The first-order valence-corrected chi connectivity index (χ1v) is 6.63. The van der Waals surface area contributed by atoms with Gasteiger partial charge in [0, 0.05) is 30.2 Å². The zero-order valence-corrected chi connectivity index (χ0v) is 11.4. The van der Waals surface area contributed by atoms with Gasteiger partial charge in [-0.15, -0.1) is 0 Å². The number of pyridine rings is 2. The first kappa shape index (κ1) is 11.8. The first-order valence-electron chi connectivity index (χ1n) is 6.63. The molecule has 0 spiro atoms. The highest BCUT2D eigenvalue weighted by Gasteiger charge is 2.17. The molecule has 0 aromatic carbocycles. The lowest BCUT2D eigenvalue weighted by atomic mass is 10.3. The minimum Gasteiger partial charge on any atom is -0.445 e. The molecule has 0 amide bonds. The molecule has 0 aliphatic rings. The normalized spacial score (nSPS) is 11.1. The van der Waals surface area contributed by atoms with E-state index in [9.17, 15) is 0 Å². The van der Waals surface area contributed by atoms with E-state index in [4.69, 9.17) is 4.42 Å². The fraction of sp³-hybridized carbons (Fsp3) is 0.0625. The topological polar surface area (TPSA) is 56.7 Å². The fourth-order valence-electron chi connectivity index (χ4n) is 2.35. The highest BCUT2D eigenvalue weighted by atomic mass is 16.4. The summed E-state index contributed by atoms with van der Waals surface area (Å²) in [4.78, 5) is 13.3. The largest absolute Gasteiger partial charge is 0.445 e. The van der Waals surface area contributed by atoms with E-state index in [1.54, 1.807) is 18.6 Å². The van der Waals surface area contributed by atoms with Crippen molar-refractivity contribution >= 4 is 11.2 Å². The van der Waals surface area contributed by atoms with Crippen molar-refractivity contribution < 1.29 is 4.42 Å². The molecule has 0 N–H and O–H groups in total. The molecule has 0 bridgehead atoms. The SMILES string of the molecule is Cc1ccc(-n2c(-c3cccnc3)nc3cccnc32)o1. The summed E-state index contributed by atoms with van der Waals surface area (Å²) in [5.74, 6) is 2.32. The third-order valence-corrected chi connectivity index (χ3v) is 3.28. The van der Waals surface area contributed by atoms with Gasteiger partial charge in [-0.05, 0) is 37.3 Å². The average molecular weight is 276 g/mol. The molecular weight excluding hydrogens is 264 g/mol. The average Bonchev–Trinajstić information content (AvgIpc) is 3.11. The van der Waals surface area contributed by atoms with Gasteiger partial charge in [0.05, 0.1) is 0 Å². The lowest BCUT2D eigenvalue weighted by molar-refractivity contribution is 0.514. The first-order chi connectivity index (χ1) is 10.3. The Kier molecular flexibility index (Phi) is 2.57. The van der Waals surface area contributed by atoms with Gasteiger partial charge in [-0.2, -0.15) is 0 Å². The minimum atomic E-state index is 0.701. The zero-order chi connectivity index (χ0) is 14.2. The summed E-state index contributed by atoms with van der Waals surface area (Å²) in [7, 11) is 0. The van der Waals surface area contributed by atoms with E-state index < -0.39 is 0 Å². The van der Waals surface area contributed by atoms with Crippen molar-refractivity contribution in [2.75, 3.05) is 0 Å². The van der Waals surface area contributed by atoms with Gasteiger partial charge in [-0.1, -0.05) is 0 Å². The van der Waals surface area contributed by atoms with E-state index in [2.05, 4.69) is 15.0 Å². The molecular formula is C16H12N4O. The quantitative estimate of drug-likeness (QED) is 0.563. The van der Waals surface area contributed by atoms with Crippen LogP contribution in [-0.2, 0) is 0 Å². The standard InChI is InChI=1S/C16H12N4O/c1-11-6-7-14(21-11)20-15(12-4-2-8-17-10-12)19-13-5-3-9-18-16(13)20/h2-10H,1H3. The van der Waals surface area contributed by atoms with Crippen molar-refractivity contribution in [1.82, 2.24) is 19.5 Å². The Morgan fingerprint density at radius 3 is 2.71 bits per heavy atom. The number of hydrogen-bond donors (Lipinski definition) is 0. The van der Waals surface area contributed by atoms with Crippen LogP contribution in [0.15, 0.2) is 59.4 Å². The van der Waals surface area contributed by atoms with Crippen molar-refractivity contribution in [1.29, 1.82) is 0 Å². The Morgan fingerprint density at radius 1 is 1.05 bits per heavy atom. The predicted molar refractivity (Wildman–Crippen MR) is 79.1 cm³/mol. The van der Waals surface area contributed by atoms with Gasteiger partial charge >= 0.3 is 0 Å². The monoisotopic (exact) mass is 276 g/mol. The molecule has 0 aliphatic carbocycles. The van der Waals surface area contributed by atoms with Crippen molar-refractivity contribution in [3.63, 3.8) is 0 Å². The molecule has 0 saturated carbocycles. The summed E-state index contributed by atoms with van der Waals surface area (Å²) in [6.45, 7) is 1.92. The number of aryl methyl sites for hydroxylation is 1. The number of hydrogen-bond acceptors (Lipinski definition) is 4. The maximum absolute atomic E-state index is 5.76. The second-order valence-corrected chi connectivity index (χ2v) is 4.74. The van der Waals surface area contributed by atoms with Crippen LogP contribution in [-0.4, -0.2) is 19.5 Å². The summed E-state index contributed by atoms with van der Waals surface area (Å²) in [5, 5.41) is 0.